The zero-order chi connectivity index (χ0) is 21.0. The lowest BCUT2D eigenvalue weighted by atomic mass is 9.97. The molecule has 2 aliphatic heterocycles. The van der Waals surface area contributed by atoms with Gasteiger partial charge in [-0.2, -0.15) is 0 Å². The van der Waals surface area contributed by atoms with Gasteiger partial charge in [-0.25, -0.2) is 4.79 Å². The number of carboxylic acids is 2. The van der Waals surface area contributed by atoms with Gasteiger partial charge in [-0.1, -0.05) is 30.3 Å². The maximum absolute atomic E-state index is 13.1. The molecule has 2 heterocycles. The summed E-state index contributed by atoms with van der Waals surface area (Å²) in [6.07, 6.45) is 2.18. The van der Waals surface area contributed by atoms with Crippen molar-refractivity contribution in [1.29, 1.82) is 0 Å². The molecule has 4 atom stereocenters. The van der Waals surface area contributed by atoms with Crippen LogP contribution in [-0.4, -0.2) is 62.1 Å². The molecule has 0 bridgehead atoms. The van der Waals surface area contributed by atoms with E-state index in [1.54, 1.807) is 30.3 Å². The van der Waals surface area contributed by atoms with Gasteiger partial charge in [-0.3, -0.25) is 14.4 Å². The van der Waals surface area contributed by atoms with E-state index in [0.717, 1.165) is 6.42 Å². The van der Waals surface area contributed by atoms with Crippen LogP contribution in [0.25, 0.3) is 0 Å². The van der Waals surface area contributed by atoms with Crippen LogP contribution >= 0.6 is 11.8 Å². The third-order valence-electron chi connectivity index (χ3n) is 5.34. The lowest BCUT2D eigenvalue weighted by molar-refractivity contribution is -0.154. The van der Waals surface area contributed by atoms with Crippen LogP contribution in [0.15, 0.2) is 30.3 Å². The summed E-state index contributed by atoms with van der Waals surface area (Å²) in [5.74, 6) is -4.23. The first kappa shape index (κ1) is 21.2. The summed E-state index contributed by atoms with van der Waals surface area (Å²) in [4.78, 5) is 50.4. The lowest BCUT2D eigenvalue weighted by Crippen LogP contribution is -2.57. The Morgan fingerprint density at radius 2 is 1.86 bits per heavy atom. The first-order chi connectivity index (χ1) is 13.9. The molecule has 3 N–H and O–H groups in total. The van der Waals surface area contributed by atoms with Gasteiger partial charge in [0.15, 0.2) is 0 Å². The van der Waals surface area contributed by atoms with Crippen molar-refractivity contribution >= 4 is 35.5 Å². The fraction of sp³-hybridized carbons (Fsp3) is 0.500. The van der Waals surface area contributed by atoms with Gasteiger partial charge >= 0.3 is 11.9 Å². The van der Waals surface area contributed by atoms with Crippen LogP contribution in [0, 0.1) is 5.92 Å². The van der Waals surface area contributed by atoms with Crippen molar-refractivity contribution in [3.05, 3.63) is 35.9 Å². The van der Waals surface area contributed by atoms with Crippen molar-refractivity contribution in [1.82, 2.24) is 10.2 Å². The Bertz CT molecular complexity index is 786. The molecular formula is C20H24N2O6S. The third-order valence-corrected chi connectivity index (χ3v) is 6.66. The number of benzene rings is 1. The Hall–Kier alpha value is -2.55. The summed E-state index contributed by atoms with van der Waals surface area (Å²) in [7, 11) is 0. The quantitative estimate of drug-likeness (QED) is 0.593. The third kappa shape index (κ3) is 4.90. The van der Waals surface area contributed by atoms with Crippen molar-refractivity contribution in [2.45, 2.75) is 49.6 Å². The molecule has 156 valence electrons. The highest BCUT2D eigenvalue weighted by Gasteiger charge is 2.43. The predicted octanol–water partition coefficient (Wildman–Crippen LogP) is 1.34. The van der Waals surface area contributed by atoms with Gasteiger partial charge in [0.1, 0.15) is 18.0 Å². The van der Waals surface area contributed by atoms with E-state index in [1.165, 1.54) is 16.7 Å². The van der Waals surface area contributed by atoms with E-state index in [1.807, 2.05) is 0 Å². The maximum atomic E-state index is 13.1. The summed E-state index contributed by atoms with van der Waals surface area (Å²) in [5.41, 5.74) is 0.708. The number of carbonyl (C=O) groups is 4. The minimum absolute atomic E-state index is 0.0156. The van der Waals surface area contributed by atoms with E-state index in [4.69, 9.17) is 0 Å². The summed E-state index contributed by atoms with van der Waals surface area (Å²) in [6, 6.07) is 6.98. The molecule has 0 radical (unpaired) electrons. The summed E-state index contributed by atoms with van der Waals surface area (Å²) >= 11 is 1.52. The second-order valence-corrected chi connectivity index (χ2v) is 8.57. The number of aliphatic carboxylic acids is 2. The number of rotatable bonds is 6. The number of piperidine rings is 1. The van der Waals surface area contributed by atoms with E-state index in [9.17, 15) is 29.4 Å². The first-order valence-corrected chi connectivity index (χ1v) is 10.7. The molecule has 2 amide bonds. The van der Waals surface area contributed by atoms with Crippen molar-refractivity contribution in [3.63, 3.8) is 0 Å². The Balaban J connectivity index is 1.74. The molecule has 2 aliphatic rings. The van der Waals surface area contributed by atoms with E-state index in [2.05, 4.69) is 5.32 Å². The molecule has 0 aliphatic carbocycles. The number of nitrogens with zero attached hydrogens (tertiary/aromatic N) is 1. The Labute approximate surface area is 172 Å². The molecular weight excluding hydrogens is 396 g/mol. The van der Waals surface area contributed by atoms with E-state index >= 15 is 0 Å². The van der Waals surface area contributed by atoms with Crippen molar-refractivity contribution < 1.29 is 29.4 Å². The summed E-state index contributed by atoms with van der Waals surface area (Å²) in [5, 5.41) is 21.4. The van der Waals surface area contributed by atoms with E-state index < -0.39 is 41.8 Å². The van der Waals surface area contributed by atoms with Gasteiger partial charge in [0.2, 0.25) is 11.8 Å². The van der Waals surface area contributed by atoms with Crippen molar-refractivity contribution in [3.8, 4) is 0 Å². The van der Waals surface area contributed by atoms with Crippen LogP contribution in [0.1, 0.15) is 31.2 Å². The zero-order valence-corrected chi connectivity index (χ0v) is 16.6. The topological polar surface area (TPSA) is 124 Å². The molecule has 29 heavy (non-hydrogen) atoms. The van der Waals surface area contributed by atoms with Gasteiger partial charge in [0.05, 0.1) is 5.37 Å². The predicted molar refractivity (Wildman–Crippen MR) is 106 cm³/mol. The Morgan fingerprint density at radius 3 is 2.52 bits per heavy atom. The Kier molecular flexibility index (Phi) is 6.79. The van der Waals surface area contributed by atoms with Gasteiger partial charge in [-0.15, -0.1) is 11.8 Å². The average Bonchev–Trinajstić information content (AvgIpc) is 2.85. The van der Waals surface area contributed by atoms with Crippen LogP contribution in [0.5, 0.6) is 0 Å². The van der Waals surface area contributed by atoms with Crippen LogP contribution in [0.3, 0.4) is 0 Å². The van der Waals surface area contributed by atoms with Gasteiger partial charge in [0.25, 0.3) is 0 Å². The van der Waals surface area contributed by atoms with Crippen LogP contribution in [0.4, 0.5) is 0 Å². The van der Waals surface area contributed by atoms with Crippen molar-refractivity contribution in [2.75, 3.05) is 5.75 Å². The number of carbonyl (C=O) groups excluding carboxylic acids is 2. The zero-order valence-electron chi connectivity index (χ0n) is 15.8. The largest absolute Gasteiger partial charge is 0.481 e. The number of hydrogen-bond acceptors (Lipinski definition) is 5. The van der Waals surface area contributed by atoms with Crippen molar-refractivity contribution in [2.24, 2.45) is 5.92 Å². The fourth-order valence-corrected chi connectivity index (χ4v) is 5.23. The fourth-order valence-electron chi connectivity index (χ4n) is 3.84. The van der Waals surface area contributed by atoms with Gasteiger partial charge < -0.3 is 20.4 Å². The van der Waals surface area contributed by atoms with Crippen LogP contribution in [-0.2, 0) is 25.6 Å². The van der Waals surface area contributed by atoms with E-state index in [0.29, 0.717) is 30.6 Å². The van der Waals surface area contributed by atoms with Gasteiger partial charge in [0, 0.05) is 0 Å². The molecule has 1 aromatic carbocycles. The molecule has 1 unspecified atom stereocenters. The number of thioether (sulfide) groups is 1. The number of fused-ring (bicyclic) bond motifs is 1. The molecule has 9 heteroatoms. The molecule has 0 saturated carbocycles. The smallest absolute Gasteiger partial charge is 0.326 e. The second-order valence-electron chi connectivity index (χ2n) is 7.29. The standard InChI is InChI=1S/C20H24N2O6S/c23-17(13(19(25)26)11-12-5-2-1-3-6-12)21-14-9-10-29-16-8-4-7-15(20(27)28)22(16)18(14)24/h1-3,5-6,13-16H,4,7-11H2,(H,21,23)(H,25,26)(H,27,28)/t13?,14-,15-,16-/m0/s1. The SMILES string of the molecule is O=C(O)C(Cc1ccccc1)C(=O)N[C@H]1CCS[C@H]2CCC[C@@H](C(=O)O)N2C1=O. The second kappa shape index (κ2) is 9.30. The highest BCUT2D eigenvalue weighted by molar-refractivity contribution is 7.99. The average molecular weight is 420 g/mol. The lowest BCUT2D eigenvalue weighted by Gasteiger charge is -2.39. The molecule has 2 fully saturated rings. The minimum atomic E-state index is -1.33. The molecule has 2 saturated heterocycles. The highest BCUT2D eigenvalue weighted by atomic mass is 32.2. The Morgan fingerprint density at radius 1 is 1.14 bits per heavy atom. The maximum Gasteiger partial charge on any atom is 0.326 e. The van der Waals surface area contributed by atoms with Crippen LogP contribution in [0.2, 0.25) is 0 Å². The minimum Gasteiger partial charge on any atom is -0.481 e. The number of amides is 2. The summed E-state index contributed by atoms with van der Waals surface area (Å²) in [6.45, 7) is 0. The molecule has 3 rings (SSSR count). The number of hydrogen-bond donors (Lipinski definition) is 3. The van der Waals surface area contributed by atoms with Gasteiger partial charge in [-0.05, 0) is 43.4 Å². The highest BCUT2D eigenvalue weighted by Crippen LogP contribution is 2.34. The molecule has 8 nitrogen and oxygen atoms in total. The van der Waals surface area contributed by atoms with E-state index in [-0.39, 0.29) is 11.8 Å². The molecule has 0 aromatic heterocycles. The van der Waals surface area contributed by atoms with Crippen LogP contribution < -0.4 is 5.32 Å². The number of nitrogens with one attached hydrogen (secondary N) is 1. The number of carboxylic acid groups (broad SMARTS) is 2. The summed E-state index contributed by atoms with van der Waals surface area (Å²) < 4.78 is 0. The normalized spacial score (nSPS) is 25.4. The molecule has 0 spiro atoms. The monoisotopic (exact) mass is 420 g/mol. The first-order valence-electron chi connectivity index (χ1n) is 9.62. The molecule has 1 aromatic rings.